The number of phenolic OH excluding ortho intramolecular Hbond substituents is 2. The molecule has 1 fully saturated rings. The molecule has 1 saturated heterocycles. The van der Waals surface area contributed by atoms with Crippen LogP contribution in [0.1, 0.15) is 58.1 Å². The number of alkyl halides is 2. The second kappa shape index (κ2) is 7.08. The van der Waals surface area contributed by atoms with E-state index in [1.165, 1.54) is 10.5 Å². The van der Waals surface area contributed by atoms with Gasteiger partial charge in [-0.1, -0.05) is 0 Å². The molecule has 1 heterocycles. The first kappa shape index (κ1) is 19.6. The fourth-order valence-electron chi connectivity index (χ4n) is 5.07. The maximum atomic E-state index is 10.6. The van der Waals surface area contributed by atoms with E-state index >= 15 is 0 Å². The van der Waals surface area contributed by atoms with E-state index in [0.29, 0.717) is 17.9 Å². The first-order chi connectivity index (χ1) is 11.7. The van der Waals surface area contributed by atoms with Gasteiger partial charge in [0, 0.05) is 0 Å². The zero-order valence-electron chi connectivity index (χ0n) is 15.6. The van der Waals surface area contributed by atoms with Gasteiger partial charge in [-0.3, -0.25) is 0 Å². The van der Waals surface area contributed by atoms with E-state index in [1.807, 2.05) is 6.07 Å². The van der Waals surface area contributed by atoms with Crippen molar-refractivity contribution in [2.75, 3.05) is 4.43 Å². The van der Waals surface area contributed by atoms with Crippen molar-refractivity contribution in [2.24, 2.45) is 11.8 Å². The third-order valence-electron chi connectivity index (χ3n) is 6.68. The van der Waals surface area contributed by atoms with Crippen molar-refractivity contribution in [1.82, 2.24) is 4.84 Å². The van der Waals surface area contributed by atoms with Crippen LogP contribution in [0, 0.1) is 11.8 Å². The van der Waals surface area contributed by atoms with Crippen LogP contribution in [-0.4, -0.2) is 24.1 Å². The monoisotopic (exact) mass is 479 g/mol. The summed E-state index contributed by atoms with van der Waals surface area (Å²) < 4.78 is 1.53. The summed E-state index contributed by atoms with van der Waals surface area (Å²) >= 11 is 5.88. The van der Waals surface area contributed by atoms with Gasteiger partial charge in [0.05, 0.1) is 0 Å². The van der Waals surface area contributed by atoms with Gasteiger partial charge in [-0.05, 0) is 0 Å². The van der Waals surface area contributed by atoms with Crippen molar-refractivity contribution < 1.29 is 10.2 Å². The summed E-state index contributed by atoms with van der Waals surface area (Å²) in [6.07, 6.45) is 4.32. The molecule has 1 aliphatic carbocycles. The summed E-state index contributed by atoms with van der Waals surface area (Å²) in [4.78, 5) is 3.07. The molecule has 0 unspecified atom stereocenters. The molecule has 25 heavy (non-hydrogen) atoms. The van der Waals surface area contributed by atoms with Gasteiger partial charge >= 0.3 is 167 Å². The zero-order chi connectivity index (χ0) is 18.4. The van der Waals surface area contributed by atoms with E-state index in [4.69, 9.17) is 11.8 Å². The first-order valence-corrected chi connectivity index (χ1v) is 12.4. The number of nitrogens with one attached hydrogen (secondary N) is 1. The van der Waals surface area contributed by atoms with Crippen molar-refractivity contribution in [3.8, 4) is 11.5 Å². The second-order valence-corrected chi connectivity index (χ2v) is 13.9. The van der Waals surface area contributed by atoms with Crippen LogP contribution >= 0.6 is 33.0 Å². The van der Waals surface area contributed by atoms with Crippen LogP contribution in [0.5, 0.6) is 11.5 Å². The molecule has 3 nitrogen and oxygen atoms in total. The van der Waals surface area contributed by atoms with Crippen molar-refractivity contribution >= 4 is 33.0 Å². The van der Waals surface area contributed by atoms with E-state index in [0.717, 1.165) is 36.8 Å². The SMILES string of the molecule is C[C@H]1CC[C@@H](NCl)C(C)(C)[IH]CC[C@@]2(C)c3c(O)cc(O)cc3C[C@H]12. The Balaban J connectivity index is 1.98. The molecule has 2 aliphatic rings. The normalized spacial score (nSPS) is 35.3. The molecule has 0 amide bonds. The fourth-order valence-corrected chi connectivity index (χ4v) is 9.73. The number of hydrogen-bond acceptors (Lipinski definition) is 3. The number of hydrogen-bond donors (Lipinski definition) is 3. The minimum atomic E-state index is -0.214. The Morgan fingerprint density at radius 2 is 1.92 bits per heavy atom. The summed E-state index contributed by atoms with van der Waals surface area (Å²) in [5.41, 5.74) is 2.25. The number of halogens is 2. The maximum absolute atomic E-state index is 10.6. The van der Waals surface area contributed by atoms with Gasteiger partial charge in [0.1, 0.15) is 0 Å². The Morgan fingerprint density at radius 3 is 2.60 bits per heavy atom. The molecule has 0 radical (unpaired) electrons. The number of rotatable bonds is 1. The molecule has 0 spiro atoms. The molecule has 1 aromatic carbocycles. The molecule has 1 aromatic rings. The van der Waals surface area contributed by atoms with Crippen LogP contribution in [0.15, 0.2) is 12.1 Å². The van der Waals surface area contributed by atoms with E-state index in [2.05, 4.69) is 32.5 Å². The average molecular weight is 480 g/mol. The van der Waals surface area contributed by atoms with Gasteiger partial charge in [0.2, 0.25) is 0 Å². The van der Waals surface area contributed by atoms with Crippen LogP contribution in [0.2, 0.25) is 0 Å². The topological polar surface area (TPSA) is 52.5 Å². The summed E-state index contributed by atoms with van der Waals surface area (Å²) in [7, 11) is 0. The Morgan fingerprint density at radius 1 is 1.20 bits per heavy atom. The predicted molar refractivity (Wildman–Crippen MR) is 114 cm³/mol. The van der Waals surface area contributed by atoms with Crippen LogP contribution < -0.4 is 4.84 Å². The van der Waals surface area contributed by atoms with Gasteiger partial charge in [-0.15, -0.1) is 0 Å². The number of fused-ring (bicyclic) bond motifs is 3. The quantitative estimate of drug-likeness (QED) is 0.304. The molecule has 142 valence electrons. The van der Waals surface area contributed by atoms with Crippen molar-refractivity contribution in [3.05, 3.63) is 23.3 Å². The standard InChI is InChI=1S/C20H31ClINO2/c1-12-5-6-17(23-21)19(2,3)22-8-7-20(4)15(12)10-13-9-14(24)11-16(25)18(13)20/h9,11-12,15,17,22-25H,5-8,10H2,1-4H3/t12-,15+,17+,20+/m0/s1. The molecule has 4 atom stereocenters. The Kier molecular flexibility index (Phi) is 5.54. The number of phenols is 2. The molecule has 1 aliphatic heterocycles. The molecular weight excluding hydrogens is 449 g/mol. The van der Waals surface area contributed by atoms with Gasteiger partial charge in [0.25, 0.3) is 0 Å². The van der Waals surface area contributed by atoms with Crippen LogP contribution in [-0.2, 0) is 11.8 Å². The Labute approximate surface area is 166 Å². The molecule has 0 aromatic heterocycles. The minimum absolute atomic E-state index is 0.00853. The molecule has 5 heteroatoms. The second-order valence-electron chi connectivity index (χ2n) is 8.65. The van der Waals surface area contributed by atoms with Crippen LogP contribution in [0.3, 0.4) is 0 Å². The van der Waals surface area contributed by atoms with Crippen molar-refractivity contribution in [2.45, 2.75) is 68.3 Å². The number of aromatic hydroxyl groups is 2. The first-order valence-electron chi connectivity index (χ1n) is 9.24. The summed E-state index contributed by atoms with van der Waals surface area (Å²) in [5.74, 6) is 1.53. The third-order valence-corrected chi connectivity index (χ3v) is 11.0. The van der Waals surface area contributed by atoms with Crippen molar-refractivity contribution in [3.63, 3.8) is 0 Å². The summed E-state index contributed by atoms with van der Waals surface area (Å²) in [6.45, 7) is 9.41. The van der Waals surface area contributed by atoms with Crippen molar-refractivity contribution in [1.29, 1.82) is 0 Å². The summed E-state index contributed by atoms with van der Waals surface area (Å²) in [6, 6.07) is 3.76. The van der Waals surface area contributed by atoms with E-state index < -0.39 is 0 Å². The Bertz CT molecular complexity index is 651. The van der Waals surface area contributed by atoms with Crippen LogP contribution in [0.4, 0.5) is 0 Å². The summed E-state index contributed by atoms with van der Waals surface area (Å²) in [5, 5.41) is 20.5. The van der Waals surface area contributed by atoms with Gasteiger partial charge in [-0.2, -0.15) is 0 Å². The molecular formula is C20H31ClINO2. The average Bonchev–Trinajstić information content (AvgIpc) is 2.79. The van der Waals surface area contributed by atoms with E-state index in [1.54, 1.807) is 0 Å². The van der Waals surface area contributed by atoms with Gasteiger partial charge in [0.15, 0.2) is 0 Å². The third kappa shape index (κ3) is 3.51. The Hall–Kier alpha value is -0.200. The molecule has 0 bridgehead atoms. The van der Waals surface area contributed by atoms with E-state index in [9.17, 15) is 10.2 Å². The molecule has 0 saturated carbocycles. The zero-order valence-corrected chi connectivity index (χ0v) is 18.7. The van der Waals surface area contributed by atoms with E-state index in [-0.39, 0.29) is 41.5 Å². The molecule has 3 rings (SSSR count). The van der Waals surface area contributed by atoms with Gasteiger partial charge in [-0.25, -0.2) is 0 Å². The predicted octanol–water partition coefficient (Wildman–Crippen LogP) is 4.94. The van der Waals surface area contributed by atoms with Gasteiger partial charge < -0.3 is 0 Å². The fraction of sp³-hybridized carbons (Fsp3) is 0.700. The number of benzene rings is 1. The molecule has 3 N–H and O–H groups in total. The van der Waals surface area contributed by atoms with Crippen LogP contribution in [0.25, 0.3) is 0 Å².